The van der Waals surface area contributed by atoms with Crippen molar-refractivity contribution in [2.45, 2.75) is 31.3 Å². The fourth-order valence-corrected chi connectivity index (χ4v) is 4.18. The molecule has 0 atom stereocenters. The van der Waals surface area contributed by atoms with Gasteiger partial charge in [0.05, 0.1) is 12.2 Å². The summed E-state index contributed by atoms with van der Waals surface area (Å²) in [7, 11) is 0. The standard InChI is InChI=1S/C21H19ClN4OS/c1-14-19(15(2)27-25-14)13-28-21-24-23-20(17-8-10-18(22)11-9-17)26(21)12-16-6-4-3-5-7-16/h3-11H,12-13H2,1-2H3. The highest BCUT2D eigenvalue weighted by atomic mass is 35.5. The Morgan fingerprint density at radius 3 is 2.43 bits per heavy atom. The Hall–Kier alpha value is -2.57. The summed E-state index contributed by atoms with van der Waals surface area (Å²) in [6.07, 6.45) is 0. The van der Waals surface area contributed by atoms with Crippen molar-refractivity contribution >= 4 is 23.4 Å². The number of hydrogen-bond acceptors (Lipinski definition) is 5. The molecule has 7 heteroatoms. The highest BCUT2D eigenvalue weighted by molar-refractivity contribution is 7.98. The van der Waals surface area contributed by atoms with E-state index in [1.54, 1.807) is 11.8 Å². The number of rotatable bonds is 6. The highest BCUT2D eigenvalue weighted by Crippen LogP contribution is 2.29. The maximum absolute atomic E-state index is 6.05. The third-order valence-electron chi connectivity index (χ3n) is 4.53. The van der Waals surface area contributed by atoms with Crippen molar-refractivity contribution in [3.8, 4) is 11.4 Å². The number of benzene rings is 2. The molecule has 0 radical (unpaired) electrons. The summed E-state index contributed by atoms with van der Waals surface area (Å²) < 4.78 is 7.42. The van der Waals surface area contributed by atoms with Crippen molar-refractivity contribution in [1.29, 1.82) is 0 Å². The van der Waals surface area contributed by atoms with Gasteiger partial charge in [-0.05, 0) is 43.7 Å². The van der Waals surface area contributed by atoms with Crippen LogP contribution in [0.15, 0.2) is 64.3 Å². The summed E-state index contributed by atoms with van der Waals surface area (Å²) in [5.41, 5.74) is 4.19. The third-order valence-corrected chi connectivity index (χ3v) is 5.77. The Morgan fingerprint density at radius 1 is 1.00 bits per heavy atom. The van der Waals surface area contributed by atoms with Crippen LogP contribution in [0.5, 0.6) is 0 Å². The first kappa shape index (κ1) is 18.8. The molecule has 0 saturated carbocycles. The minimum atomic E-state index is 0.690. The molecule has 4 aromatic rings. The van der Waals surface area contributed by atoms with E-state index in [9.17, 15) is 0 Å². The van der Waals surface area contributed by atoms with E-state index in [1.807, 2.05) is 56.3 Å². The predicted molar refractivity (Wildman–Crippen MR) is 112 cm³/mol. The number of nitrogens with zero attached hydrogens (tertiary/aromatic N) is 4. The van der Waals surface area contributed by atoms with Crippen LogP contribution in [0.2, 0.25) is 5.02 Å². The van der Waals surface area contributed by atoms with Gasteiger partial charge in [0, 0.05) is 21.9 Å². The van der Waals surface area contributed by atoms with Gasteiger partial charge in [0.15, 0.2) is 11.0 Å². The summed E-state index contributed by atoms with van der Waals surface area (Å²) in [6, 6.07) is 18.0. The van der Waals surface area contributed by atoms with E-state index in [0.29, 0.717) is 11.6 Å². The van der Waals surface area contributed by atoms with Crippen LogP contribution in [0.25, 0.3) is 11.4 Å². The van der Waals surface area contributed by atoms with E-state index in [-0.39, 0.29) is 0 Å². The zero-order valence-electron chi connectivity index (χ0n) is 15.6. The smallest absolute Gasteiger partial charge is 0.192 e. The molecule has 4 rings (SSSR count). The molecule has 0 saturated heterocycles. The van der Waals surface area contributed by atoms with E-state index in [0.717, 1.165) is 39.3 Å². The molecule has 142 valence electrons. The summed E-state index contributed by atoms with van der Waals surface area (Å²) in [5, 5.41) is 14.5. The summed E-state index contributed by atoms with van der Waals surface area (Å²) in [4.78, 5) is 0. The second kappa shape index (κ2) is 8.20. The second-order valence-electron chi connectivity index (χ2n) is 6.48. The zero-order chi connectivity index (χ0) is 19.5. The fraction of sp³-hybridized carbons (Fsp3) is 0.190. The van der Waals surface area contributed by atoms with E-state index in [1.165, 1.54) is 5.56 Å². The molecular weight excluding hydrogens is 392 g/mol. The summed E-state index contributed by atoms with van der Waals surface area (Å²) in [5.74, 6) is 2.40. The van der Waals surface area contributed by atoms with E-state index >= 15 is 0 Å². The molecule has 0 aliphatic carbocycles. The monoisotopic (exact) mass is 410 g/mol. The molecular formula is C21H19ClN4OS. The molecule has 0 unspecified atom stereocenters. The molecule has 0 bridgehead atoms. The Bertz CT molecular complexity index is 1050. The first-order valence-electron chi connectivity index (χ1n) is 8.89. The van der Waals surface area contributed by atoms with Gasteiger partial charge in [0.25, 0.3) is 0 Å². The van der Waals surface area contributed by atoms with Gasteiger partial charge < -0.3 is 4.52 Å². The van der Waals surface area contributed by atoms with Crippen molar-refractivity contribution in [3.63, 3.8) is 0 Å². The Balaban J connectivity index is 1.68. The van der Waals surface area contributed by atoms with Gasteiger partial charge >= 0.3 is 0 Å². The lowest BCUT2D eigenvalue weighted by molar-refractivity contribution is 0.392. The molecule has 0 N–H and O–H groups in total. The second-order valence-corrected chi connectivity index (χ2v) is 7.86. The summed E-state index contributed by atoms with van der Waals surface area (Å²) >= 11 is 7.68. The Kier molecular flexibility index (Phi) is 5.50. The van der Waals surface area contributed by atoms with Crippen LogP contribution >= 0.6 is 23.4 Å². The van der Waals surface area contributed by atoms with Crippen molar-refractivity contribution in [3.05, 3.63) is 82.2 Å². The Morgan fingerprint density at radius 2 is 1.75 bits per heavy atom. The molecule has 0 amide bonds. The predicted octanol–water partition coefficient (Wildman–Crippen LogP) is 5.54. The normalized spacial score (nSPS) is 11.1. The van der Waals surface area contributed by atoms with Crippen molar-refractivity contribution in [1.82, 2.24) is 19.9 Å². The maximum atomic E-state index is 6.05. The van der Waals surface area contributed by atoms with Crippen LogP contribution in [-0.2, 0) is 12.3 Å². The number of aromatic nitrogens is 4. The quantitative estimate of drug-likeness (QED) is 0.390. The molecule has 0 fully saturated rings. The Labute approximate surface area is 172 Å². The minimum Gasteiger partial charge on any atom is -0.361 e. The molecule has 2 aromatic heterocycles. The van der Waals surface area contributed by atoms with Crippen LogP contribution in [0.3, 0.4) is 0 Å². The topological polar surface area (TPSA) is 56.7 Å². The van der Waals surface area contributed by atoms with Crippen LogP contribution in [0.4, 0.5) is 0 Å². The van der Waals surface area contributed by atoms with Gasteiger partial charge in [-0.1, -0.05) is 58.9 Å². The van der Waals surface area contributed by atoms with Gasteiger partial charge in [-0.15, -0.1) is 10.2 Å². The highest BCUT2D eigenvalue weighted by Gasteiger charge is 2.17. The van der Waals surface area contributed by atoms with Crippen LogP contribution in [-0.4, -0.2) is 19.9 Å². The van der Waals surface area contributed by atoms with Crippen LogP contribution in [0, 0.1) is 13.8 Å². The lowest BCUT2D eigenvalue weighted by Crippen LogP contribution is -2.04. The number of halogens is 1. The average molecular weight is 411 g/mol. The van der Waals surface area contributed by atoms with Gasteiger partial charge in [0.2, 0.25) is 0 Å². The van der Waals surface area contributed by atoms with Gasteiger partial charge in [-0.25, -0.2) is 0 Å². The maximum Gasteiger partial charge on any atom is 0.192 e. The molecule has 2 aromatic carbocycles. The molecule has 0 aliphatic rings. The minimum absolute atomic E-state index is 0.690. The first-order chi connectivity index (χ1) is 13.6. The number of hydrogen-bond donors (Lipinski definition) is 0. The number of aryl methyl sites for hydroxylation is 2. The number of thioether (sulfide) groups is 1. The van der Waals surface area contributed by atoms with Crippen LogP contribution in [0.1, 0.15) is 22.6 Å². The zero-order valence-corrected chi connectivity index (χ0v) is 17.2. The van der Waals surface area contributed by atoms with Crippen molar-refractivity contribution in [2.24, 2.45) is 0 Å². The molecule has 5 nitrogen and oxygen atoms in total. The lowest BCUT2D eigenvalue weighted by Gasteiger charge is -2.10. The third kappa shape index (κ3) is 3.98. The van der Waals surface area contributed by atoms with Crippen molar-refractivity contribution in [2.75, 3.05) is 0 Å². The first-order valence-corrected chi connectivity index (χ1v) is 10.3. The lowest BCUT2D eigenvalue weighted by atomic mass is 10.2. The van der Waals surface area contributed by atoms with Crippen molar-refractivity contribution < 1.29 is 4.52 Å². The van der Waals surface area contributed by atoms with Gasteiger partial charge in [-0.2, -0.15) is 0 Å². The van der Waals surface area contributed by atoms with E-state index in [2.05, 4.69) is 32.1 Å². The fourth-order valence-electron chi connectivity index (χ4n) is 2.96. The van der Waals surface area contributed by atoms with Crippen LogP contribution < -0.4 is 0 Å². The molecule has 0 aliphatic heterocycles. The van der Waals surface area contributed by atoms with E-state index < -0.39 is 0 Å². The van der Waals surface area contributed by atoms with Gasteiger partial charge in [-0.3, -0.25) is 4.57 Å². The molecule has 0 spiro atoms. The molecule has 28 heavy (non-hydrogen) atoms. The average Bonchev–Trinajstić information content (AvgIpc) is 3.25. The largest absolute Gasteiger partial charge is 0.361 e. The van der Waals surface area contributed by atoms with Gasteiger partial charge in [0.1, 0.15) is 5.76 Å². The summed E-state index contributed by atoms with van der Waals surface area (Å²) in [6.45, 7) is 4.58. The van der Waals surface area contributed by atoms with E-state index in [4.69, 9.17) is 16.1 Å². The SMILES string of the molecule is Cc1noc(C)c1CSc1nnc(-c2ccc(Cl)cc2)n1Cc1ccccc1. The molecule has 2 heterocycles.